The quantitative estimate of drug-likeness (QED) is 0.389. The van der Waals surface area contributed by atoms with Crippen molar-refractivity contribution in [3.8, 4) is 0 Å². The van der Waals surface area contributed by atoms with Crippen molar-refractivity contribution in [1.82, 2.24) is 0 Å². The summed E-state index contributed by atoms with van der Waals surface area (Å²) in [4.78, 5) is 21.9. The maximum Gasteiger partial charge on any atom is 0.333 e. The van der Waals surface area contributed by atoms with Crippen LogP contribution in [0.25, 0.3) is 0 Å². The number of ether oxygens (including phenoxy) is 2. The second-order valence-electron chi connectivity index (χ2n) is 2.68. The molecule has 0 N–H and O–H groups in total. The van der Waals surface area contributed by atoms with E-state index in [2.05, 4.69) is 9.47 Å². The van der Waals surface area contributed by atoms with Gasteiger partial charge in [0.05, 0.1) is 14.2 Å². The molecule has 0 aromatic rings. The molecular weight excluding hydrogens is 184 g/mol. The molecule has 0 heterocycles. The van der Waals surface area contributed by atoms with Crippen molar-refractivity contribution in [2.45, 2.75) is 13.8 Å². The van der Waals surface area contributed by atoms with Gasteiger partial charge in [0.1, 0.15) is 0 Å². The highest BCUT2D eigenvalue weighted by molar-refractivity contribution is 5.90. The topological polar surface area (TPSA) is 52.6 Å². The molecule has 0 aromatic carbocycles. The van der Waals surface area contributed by atoms with Crippen molar-refractivity contribution in [2.75, 3.05) is 14.2 Å². The lowest BCUT2D eigenvalue weighted by Gasteiger charge is -1.98. The molecule has 0 spiro atoms. The number of esters is 2. The first-order valence-corrected chi connectivity index (χ1v) is 4.04. The van der Waals surface area contributed by atoms with E-state index in [1.165, 1.54) is 26.4 Å². The molecule has 0 radical (unpaired) electrons. The van der Waals surface area contributed by atoms with Crippen molar-refractivity contribution < 1.29 is 19.1 Å². The van der Waals surface area contributed by atoms with Crippen LogP contribution in [0.4, 0.5) is 0 Å². The Hall–Kier alpha value is -1.58. The molecule has 0 rings (SSSR count). The highest BCUT2D eigenvalue weighted by Gasteiger charge is 2.03. The van der Waals surface area contributed by atoms with Crippen LogP contribution in [0.1, 0.15) is 13.8 Å². The number of hydrogen-bond acceptors (Lipinski definition) is 4. The van der Waals surface area contributed by atoms with Crippen LogP contribution in [-0.2, 0) is 19.1 Å². The number of rotatable bonds is 3. The van der Waals surface area contributed by atoms with Gasteiger partial charge < -0.3 is 9.47 Å². The molecule has 0 unspecified atom stereocenters. The fourth-order valence-corrected chi connectivity index (χ4v) is 0.708. The fraction of sp³-hybridized carbons (Fsp3) is 0.400. The summed E-state index contributed by atoms with van der Waals surface area (Å²) in [5.74, 6) is -0.835. The molecule has 0 aromatic heterocycles. The van der Waals surface area contributed by atoms with E-state index in [1.807, 2.05) is 0 Å². The van der Waals surface area contributed by atoms with E-state index in [0.29, 0.717) is 11.1 Å². The Labute approximate surface area is 83.2 Å². The summed E-state index contributed by atoms with van der Waals surface area (Å²) < 4.78 is 8.96. The summed E-state index contributed by atoms with van der Waals surface area (Å²) in [7, 11) is 2.60. The van der Waals surface area contributed by atoms with Crippen molar-refractivity contribution in [1.29, 1.82) is 0 Å². The molecule has 4 nitrogen and oxygen atoms in total. The van der Waals surface area contributed by atoms with E-state index in [-0.39, 0.29) is 0 Å². The zero-order valence-corrected chi connectivity index (χ0v) is 8.79. The van der Waals surface area contributed by atoms with Gasteiger partial charge in [0, 0.05) is 11.1 Å². The van der Waals surface area contributed by atoms with Crippen LogP contribution in [0.5, 0.6) is 0 Å². The maximum absolute atomic E-state index is 10.9. The van der Waals surface area contributed by atoms with Crippen LogP contribution in [-0.4, -0.2) is 26.2 Å². The number of methoxy groups -OCH3 is 2. The third kappa shape index (κ3) is 3.89. The summed E-state index contributed by atoms with van der Waals surface area (Å²) in [5.41, 5.74) is 0.853. The van der Waals surface area contributed by atoms with Gasteiger partial charge in [0.2, 0.25) is 0 Å². The number of allylic oxidation sites excluding steroid dienone is 2. The Kier molecular flexibility index (Phi) is 5.29. The smallest absolute Gasteiger partial charge is 0.333 e. The van der Waals surface area contributed by atoms with Gasteiger partial charge in [-0.2, -0.15) is 0 Å². The summed E-state index contributed by atoms with van der Waals surface area (Å²) >= 11 is 0. The first-order chi connectivity index (χ1) is 6.52. The minimum Gasteiger partial charge on any atom is -0.466 e. The molecular formula is C10H14O4. The number of carbonyl (C=O) groups excluding carboxylic acids is 2. The van der Waals surface area contributed by atoms with Crippen LogP contribution in [0, 0.1) is 0 Å². The Bertz CT molecular complexity index is 256. The third-order valence-electron chi connectivity index (χ3n) is 1.60. The molecule has 14 heavy (non-hydrogen) atoms. The molecule has 0 fully saturated rings. The fourth-order valence-electron chi connectivity index (χ4n) is 0.708. The third-order valence-corrected chi connectivity index (χ3v) is 1.60. The minimum absolute atomic E-state index is 0.418. The normalized spacial score (nSPS) is 12.3. The second-order valence-corrected chi connectivity index (χ2v) is 2.68. The van der Waals surface area contributed by atoms with Crippen LogP contribution < -0.4 is 0 Å². The van der Waals surface area contributed by atoms with Gasteiger partial charge in [-0.3, -0.25) is 0 Å². The maximum atomic E-state index is 10.9. The number of carbonyl (C=O) groups is 2. The monoisotopic (exact) mass is 198 g/mol. The van der Waals surface area contributed by atoms with Gasteiger partial charge in [0.25, 0.3) is 0 Å². The van der Waals surface area contributed by atoms with Crippen molar-refractivity contribution >= 4 is 11.9 Å². The van der Waals surface area contributed by atoms with Crippen LogP contribution >= 0.6 is 0 Å². The highest BCUT2D eigenvalue weighted by atomic mass is 16.5. The van der Waals surface area contributed by atoms with E-state index < -0.39 is 11.9 Å². The van der Waals surface area contributed by atoms with E-state index in [9.17, 15) is 9.59 Å². The van der Waals surface area contributed by atoms with Gasteiger partial charge in [-0.15, -0.1) is 0 Å². The van der Waals surface area contributed by atoms with E-state index in [4.69, 9.17) is 0 Å². The van der Waals surface area contributed by atoms with Gasteiger partial charge in [-0.1, -0.05) is 12.2 Å². The Morgan fingerprint density at radius 2 is 1.14 bits per heavy atom. The van der Waals surface area contributed by atoms with Crippen LogP contribution in [0.2, 0.25) is 0 Å². The van der Waals surface area contributed by atoms with Crippen molar-refractivity contribution in [2.24, 2.45) is 0 Å². The van der Waals surface area contributed by atoms with Gasteiger partial charge >= 0.3 is 11.9 Å². The molecule has 4 heteroatoms. The zero-order chi connectivity index (χ0) is 11.1. The Balaban J connectivity index is 4.53. The largest absolute Gasteiger partial charge is 0.466 e. The lowest BCUT2D eigenvalue weighted by molar-refractivity contribution is -0.137. The first-order valence-electron chi connectivity index (χ1n) is 4.04. The molecule has 78 valence electrons. The van der Waals surface area contributed by atoms with Crippen molar-refractivity contribution in [3.63, 3.8) is 0 Å². The highest BCUT2D eigenvalue weighted by Crippen LogP contribution is 2.00. The summed E-state index contributed by atoms with van der Waals surface area (Å²) in [6, 6.07) is 0. The molecule has 0 saturated heterocycles. The minimum atomic E-state index is -0.418. The molecule has 0 aliphatic rings. The predicted molar refractivity (Wildman–Crippen MR) is 51.5 cm³/mol. The average molecular weight is 198 g/mol. The lowest BCUT2D eigenvalue weighted by atomic mass is 10.2. The molecule has 0 aliphatic heterocycles. The van der Waals surface area contributed by atoms with Gasteiger partial charge in [0.15, 0.2) is 0 Å². The molecule has 0 bridgehead atoms. The molecule has 0 amide bonds. The predicted octanol–water partition coefficient (Wildman–Crippen LogP) is 1.22. The summed E-state index contributed by atoms with van der Waals surface area (Å²) in [6.45, 7) is 3.21. The lowest BCUT2D eigenvalue weighted by Crippen LogP contribution is -2.02. The van der Waals surface area contributed by atoms with E-state index in [1.54, 1.807) is 13.8 Å². The molecule has 0 atom stereocenters. The van der Waals surface area contributed by atoms with E-state index >= 15 is 0 Å². The summed E-state index contributed by atoms with van der Waals surface area (Å²) in [6.07, 6.45) is 3.02. The Morgan fingerprint density at radius 3 is 1.36 bits per heavy atom. The van der Waals surface area contributed by atoms with Crippen molar-refractivity contribution in [3.05, 3.63) is 23.3 Å². The number of hydrogen-bond donors (Lipinski definition) is 0. The molecule has 0 aliphatic carbocycles. The summed E-state index contributed by atoms with van der Waals surface area (Å²) in [5, 5.41) is 0. The molecule has 0 saturated carbocycles. The van der Waals surface area contributed by atoms with E-state index in [0.717, 1.165) is 0 Å². The van der Waals surface area contributed by atoms with Crippen LogP contribution in [0.3, 0.4) is 0 Å². The average Bonchev–Trinajstić information content (AvgIpc) is 2.22. The standard InChI is InChI=1S/C10H14O4/c1-7(9(11)13-3)5-6-8(2)10(12)14-4/h5-6H,1-4H3/b7-5+,8-6+. The van der Waals surface area contributed by atoms with Crippen LogP contribution in [0.15, 0.2) is 23.3 Å². The Morgan fingerprint density at radius 1 is 0.857 bits per heavy atom. The van der Waals surface area contributed by atoms with Gasteiger partial charge in [-0.25, -0.2) is 9.59 Å². The van der Waals surface area contributed by atoms with Gasteiger partial charge in [-0.05, 0) is 13.8 Å². The SMILES string of the molecule is COC(=O)/C(C)=C/C=C(\C)C(=O)OC. The second kappa shape index (κ2) is 5.96. The zero-order valence-electron chi connectivity index (χ0n) is 8.79. The first kappa shape index (κ1) is 12.4.